The number of esters is 1. The fourth-order valence-electron chi connectivity index (χ4n) is 6.77. The van der Waals surface area contributed by atoms with Crippen LogP contribution in [0.3, 0.4) is 0 Å². The zero-order chi connectivity index (χ0) is 24.6. The summed E-state index contributed by atoms with van der Waals surface area (Å²) >= 11 is 0. The molecule has 0 radical (unpaired) electrons. The number of carbonyl (C=O) groups excluding carboxylic acids is 1. The second kappa shape index (κ2) is 8.19. The molecule has 12 atom stereocenters. The molecule has 192 valence electrons. The van der Waals surface area contributed by atoms with Crippen molar-refractivity contribution < 1.29 is 54.0 Å². The monoisotopic (exact) mass is 486 g/mol. The number of hydrogen-bond acceptors (Lipinski definition) is 11. The molecule has 0 aromatic rings. The molecule has 3 heterocycles. The molecular weight excluding hydrogens is 452 g/mol. The third-order valence-corrected chi connectivity index (χ3v) is 8.92. The molecule has 2 bridgehead atoms. The van der Waals surface area contributed by atoms with E-state index < -0.39 is 84.1 Å². The predicted octanol–water partition coefficient (Wildman–Crippen LogP) is -1.62. The van der Waals surface area contributed by atoms with Gasteiger partial charge in [-0.1, -0.05) is 18.6 Å². The summed E-state index contributed by atoms with van der Waals surface area (Å²) in [5.74, 6) is -0.444. The number of aliphatic hydroxyl groups excluding tert-OH is 5. The van der Waals surface area contributed by atoms with Crippen molar-refractivity contribution in [3.63, 3.8) is 0 Å². The van der Waals surface area contributed by atoms with Crippen molar-refractivity contribution in [2.24, 2.45) is 10.8 Å². The third-order valence-electron chi connectivity index (χ3n) is 8.92. The van der Waals surface area contributed by atoms with Gasteiger partial charge in [-0.3, -0.25) is 4.79 Å². The lowest BCUT2D eigenvalue weighted by atomic mass is 9.51. The van der Waals surface area contributed by atoms with Crippen LogP contribution in [0.25, 0.3) is 0 Å². The highest BCUT2D eigenvalue weighted by molar-refractivity contribution is 5.66. The number of epoxide rings is 1. The average Bonchev–Trinajstić information content (AvgIpc) is 3.58. The van der Waals surface area contributed by atoms with Crippen LogP contribution in [0.5, 0.6) is 0 Å². The Morgan fingerprint density at radius 2 is 1.85 bits per heavy atom. The van der Waals surface area contributed by atoms with Crippen LogP contribution in [0.2, 0.25) is 0 Å². The highest BCUT2D eigenvalue weighted by Gasteiger charge is 2.85. The molecule has 34 heavy (non-hydrogen) atoms. The van der Waals surface area contributed by atoms with Gasteiger partial charge < -0.3 is 49.2 Å². The van der Waals surface area contributed by atoms with Crippen LogP contribution in [-0.4, -0.2) is 112 Å². The van der Waals surface area contributed by atoms with E-state index in [0.29, 0.717) is 13.0 Å². The maximum Gasteiger partial charge on any atom is 0.302 e. The van der Waals surface area contributed by atoms with Crippen molar-refractivity contribution in [2.75, 3.05) is 19.8 Å². The molecule has 11 nitrogen and oxygen atoms in total. The lowest BCUT2D eigenvalue weighted by Crippen LogP contribution is -2.67. The quantitative estimate of drug-likeness (QED) is 0.172. The molecule has 2 aliphatic carbocycles. The standard InChI is InChI=1S/C23H34O11/c1-10-4-5-22(8-30-11(2)25)13(6-10)33-19-17(29)18(21(22,3)23(19)9-31-23)34-20-16(28)15(27)14(26)12(7-24)32-20/h6,12-20,24,26-29H,4-5,7-9H2,1-3H3/t12-,13?,14-,15+,16-,17-,18-,19-,20-,21-,22-,23?/m1/s1. The molecule has 3 saturated heterocycles. The van der Waals surface area contributed by atoms with Gasteiger partial charge in [0.15, 0.2) is 6.29 Å². The summed E-state index contributed by atoms with van der Waals surface area (Å²) in [6.45, 7) is 4.99. The summed E-state index contributed by atoms with van der Waals surface area (Å²) in [5, 5.41) is 51.9. The molecule has 4 fully saturated rings. The second-order valence-electron chi connectivity index (χ2n) is 10.6. The fourth-order valence-corrected chi connectivity index (χ4v) is 6.77. The normalized spacial score (nSPS) is 53.9. The first kappa shape index (κ1) is 24.5. The van der Waals surface area contributed by atoms with E-state index >= 15 is 0 Å². The lowest BCUT2D eigenvalue weighted by Gasteiger charge is -2.58. The maximum absolute atomic E-state index is 11.8. The van der Waals surface area contributed by atoms with Gasteiger partial charge in [-0.05, 0) is 19.8 Å². The van der Waals surface area contributed by atoms with E-state index in [1.807, 2.05) is 19.9 Å². The number of hydrogen-bond donors (Lipinski definition) is 5. The Bertz CT molecular complexity index is 856. The third kappa shape index (κ3) is 3.12. The summed E-state index contributed by atoms with van der Waals surface area (Å²) in [4.78, 5) is 11.8. The molecule has 0 aromatic heterocycles. The van der Waals surface area contributed by atoms with Crippen LogP contribution < -0.4 is 0 Å². The molecule has 5 rings (SSSR count). The summed E-state index contributed by atoms with van der Waals surface area (Å²) in [6.07, 6.45) is -7.43. The van der Waals surface area contributed by atoms with Gasteiger partial charge in [0.2, 0.25) is 0 Å². The number of carbonyl (C=O) groups is 1. The summed E-state index contributed by atoms with van der Waals surface area (Å²) in [6, 6.07) is 0. The average molecular weight is 487 g/mol. The highest BCUT2D eigenvalue weighted by atomic mass is 16.7. The number of fused-ring (bicyclic) bond motifs is 2. The Balaban J connectivity index is 1.55. The van der Waals surface area contributed by atoms with Crippen LogP contribution in [0.4, 0.5) is 0 Å². The van der Waals surface area contributed by atoms with E-state index in [1.165, 1.54) is 6.92 Å². The van der Waals surface area contributed by atoms with Gasteiger partial charge in [0.25, 0.3) is 0 Å². The van der Waals surface area contributed by atoms with Crippen LogP contribution in [-0.2, 0) is 28.5 Å². The van der Waals surface area contributed by atoms with Gasteiger partial charge in [0, 0.05) is 17.8 Å². The van der Waals surface area contributed by atoms with Crippen molar-refractivity contribution in [3.05, 3.63) is 11.6 Å². The van der Waals surface area contributed by atoms with E-state index in [9.17, 15) is 30.3 Å². The van der Waals surface area contributed by atoms with Crippen molar-refractivity contribution in [3.8, 4) is 0 Å². The predicted molar refractivity (Wildman–Crippen MR) is 112 cm³/mol. The fraction of sp³-hybridized carbons (Fsp3) is 0.870. The minimum Gasteiger partial charge on any atom is -0.465 e. The number of ether oxygens (including phenoxy) is 5. The van der Waals surface area contributed by atoms with Crippen LogP contribution in [0.1, 0.15) is 33.6 Å². The summed E-state index contributed by atoms with van der Waals surface area (Å²) in [7, 11) is 0. The largest absolute Gasteiger partial charge is 0.465 e. The van der Waals surface area contributed by atoms with E-state index in [2.05, 4.69) is 0 Å². The highest BCUT2D eigenvalue weighted by Crippen LogP contribution is 2.72. The molecule has 5 N–H and O–H groups in total. The smallest absolute Gasteiger partial charge is 0.302 e. The number of allylic oxidation sites excluding steroid dienone is 1. The topological polar surface area (TPSA) is 168 Å². The van der Waals surface area contributed by atoms with E-state index in [1.54, 1.807) is 0 Å². The minimum absolute atomic E-state index is 0.0202. The van der Waals surface area contributed by atoms with Crippen molar-refractivity contribution in [1.29, 1.82) is 0 Å². The first-order valence-electron chi connectivity index (χ1n) is 11.8. The van der Waals surface area contributed by atoms with Gasteiger partial charge in [-0.25, -0.2) is 0 Å². The van der Waals surface area contributed by atoms with Crippen LogP contribution in [0, 0.1) is 10.8 Å². The zero-order valence-electron chi connectivity index (χ0n) is 19.5. The maximum atomic E-state index is 11.8. The summed E-state index contributed by atoms with van der Waals surface area (Å²) < 4.78 is 29.7. The van der Waals surface area contributed by atoms with Gasteiger partial charge in [-0.15, -0.1) is 0 Å². The van der Waals surface area contributed by atoms with Gasteiger partial charge in [-0.2, -0.15) is 0 Å². The van der Waals surface area contributed by atoms with Crippen LogP contribution >= 0.6 is 0 Å². The Morgan fingerprint density at radius 3 is 2.47 bits per heavy atom. The molecule has 11 heteroatoms. The van der Waals surface area contributed by atoms with Crippen molar-refractivity contribution >= 4 is 5.97 Å². The zero-order valence-corrected chi connectivity index (χ0v) is 19.5. The van der Waals surface area contributed by atoms with Crippen LogP contribution in [0.15, 0.2) is 11.6 Å². The van der Waals surface area contributed by atoms with Gasteiger partial charge in [0.1, 0.15) is 48.8 Å². The Kier molecular flexibility index (Phi) is 5.91. The Morgan fingerprint density at radius 1 is 1.15 bits per heavy atom. The van der Waals surface area contributed by atoms with Gasteiger partial charge in [0.05, 0.1) is 25.4 Å². The Labute approximate surface area is 197 Å². The van der Waals surface area contributed by atoms with Gasteiger partial charge >= 0.3 is 5.97 Å². The molecule has 1 saturated carbocycles. The Hall–Kier alpha value is -1.15. The first-order valence-corrected chi connectivity index (χ1v) is 11.8. The minimum atomic E-state index is -1.63. The van der Waals surface area contributed by atoms with E-state index in [4.69, 9.17) is 23.7 Å². The number of aliphatic hydroxyl groups is 5. The molecule has 0 aromatic carbocycles. The molecule has 1 spiro atoms. The molecule has 5 aliphatic rings. The summed E-state index contributed by atoms with van der Waals surface area (Å²) in [5.41, 5.74) is -1.50. The number of rotatable bonds is 5. The molecule has 2 unspecified atom stereocenters. The molecular formula is C23H34O11. The van der Waals surface area contributed by atoms with E-state index in [0.717, 1.165) is 12.0 Å². The first-order chi connectivity index (χ1) is 16.0. The SMILES string of the molecule is CC(=O)OC[C@]12CCC(C)=CC1O[C@@H]1[C@H](O)[C@@H](O[C@H]3O[C@H](CO)[C@@H](O)[C@H](O)[C@H]3O)[C@@]2(C)C12CO2. The van der Waals surface area contributed by atoms with E-state index in [-0.39, 0.29) is 6.61 Å². The van der Waals surface area contributed by atoms with Crippen molar-refractivity contribution in [2.45, 2.75) is 94.3 Å². The van der Waals surface area contributed by atoms with Crippen molar-refractivity contribution in [1.82, 2.24) is 0 Å². The molecule has 3 aliphatic heterocycles. The lowest BCUT2D eigenvalue weighted by molar-refractivity contribution is -0.330. The molecule has 0 amide bonds. The second-order valence-corrected chi connectivity index (χ2v) is 10.6.